The van der Waals surface area contributed by atoms with Crippen LogP contribution in [-0.4, -0.2) is 65.0 Å². The van der Waals surface area contributed by atoms with Crippen LogP contribution in [-0.2, 0) is 6.54 Å². The van der Waals surface area contributed by atoms with Gasteiger partial charge in [-0.15, -0.1) is 10.2 Å². The largest absolute Gasteiger partial charge is 0.392 e. The maximum Gasteiger partial charge on any atom is 0.229 e. The molecule has 36 heavy (non-hydrogen) atoms. The highest BCUT2D eigenvalue weighted by atomic mass is 16.3. The number of aromatic nitrogens is 7. The molecule has 12 nitrogen and oxygen atoms in total. The smallest absolute Gasteiger partial charge is 0.229 e. The van der Waals surface area contributed by atoms with Crippen LogP contribution in [0.3, 0.4) is 0 Å². The molecular weight excluding hydrogens is 458 g/mol. The predicted octanol–water partition coefficient (Wildman–Crippen LogP) is 2.40. The number of aliphatic hydroxyl groups excluding tert-OH is 1. The van der Waals surface area contributed by atoms with Gasteiger partial charge in [-0.3, -0.25) is 0 Å². The van der Waals surface area contributed by atoms with Crippen LogP contribution in [0.4, 0.5) is 23.3 Å². The fourth-order valence-corrected chi connectivity index (χ4v) is 4.22. The van der Waals surface area contributed by atoms with E-state index in [1.807, 2.05) is 29.7 Å². The second-order valence-electron chi connectivity index (χ2n) is 8.96. The van der Waals surface area contributed by atoms with E-state index in [-0.39, 0.29) is 6.04 Å². The summed E-state index contributed by atoms with van der Waals surface area (Å²) in [5.74, 6) is 2.05. The van der Waals surface area contributed by atoms with Crippen LogP contribution in [0.2, 0.25) is 0 Å². The average Bonchev–Trinajstić information content (AvgIpc) is 3.28. The SMILES string of the molecule is Cc1cnc(Nc2cnc3ncn(CC(C)O)c3c2)nc1NC1CCN(c2ccc(C#N)nn2)CC1. The number of hydrogen-bond acceptors (Lipinski definition) is 11. The van der Waals surface area contributed by atoms with Gasteiger partial charge in [0, 0.05) is 37.4 Å². The van der Waals surface area contributed by atoms with E-state index in [0.717, 1.165) is 54.3 Å². The zero-order valence-electron chi connectivity index (χ0n) is 20.1. The second-order valence-corrected chi connectivity index (χ2v) is 8.96. The van der Waals surface area contributed by atoms with Crippen LogP contribution in [0.5, 0.6) is 0 Å². The van der Waals surface area contributed by atoms with Gasteiger partial charge in [0.25, 0.3) is 0 Å². The molecule has 0 radical (unpaired) electrons. The Morgan fingerprint density at radius 1 is 1.17 bits per heavy atom. The van der Waals surface area contributed by atoms with Crippen molar-refractivity contribution < 1.29 is 5.11 Å². The van der Waals surface area contributed by atoms with Crippen molar-refractivity contribution in [1.82, 2.24) is 34.7 Å². The lowest BCUT2D eigenvalue weighted by Crippen LogP contribution is -2.39. The monoisotopic (exact) mass is 485 g/mol. The average molecular weight is 486 g/mol. The Morgan fingerprint density at radius 3 is 2.72 bits per heavy atom. The first-order chi connectivity index (χ1) is 17.5. The number of hydrogen-bond donors (Lipinski definition) is 3. The van der Waals surface area contributed by atoms with Gasteiger partial charge in [-0.05, 0) is 44.9 Å². The number of nitriles is 1. The highest BCUT2D eigenvalue weighted by Crippen LogP contribution is 2.23. The number of anilines is 4. The van der Waals surface area contributed by atoms with E-state index < -0.39 is 6.10 Å². The molecule has 184 valence electrons. The summed E-state index contributed by atoms with van der Waals surface area (Å²) in [6, 6.07) is 7.73. The molecule has 1 saturated heterocycles. The molecule has 0 spiro atoms. The first-order valence-electron chi connectivity index (χ1n) is 11.8. The molecule has 4 aromatic heterocycles. The summed E-state index contributed by atoms with van der Waals surface area (Å²) >= 11 is 0. The van der Waals surface area contributed by atoms with E-state index in [0.29, 0.717) is 23.8 Å². The summed E-state index contributed by atoms with van der Waals surface area (Å²) in [6.45, 7) is 5.82. The molecule has 0 amide bonds. The normalized spacial score (nSPS) is 15.0. The van der Waals surface area contributed by atoms with Crippen LogP contribution in [0.15, 0.2) is 36.9 Å². The third-order valence-electron chi connectivity index (χ3n) is 6.09. The number of pyridine rings is 1. The van der Waals surface area contributed by atoms with Crippen LogP contribution in [0.25, 0.3) is 11.2 Å². The molecule has 3 N–H and O–H groups in total. The molecule has 5 rings (SSSR count). The van der Waals surface area contributed by atoms with E-state index >= 15 is 0 Å². The zero-order valence-corrected chi connectivity index (χ0v) is 20.1. The Morgan fingerprint density at radius 2 is 2.00 bits per heavy atom. The Balaban J connectivity index is 1.24. The van der Waals surface area contributed by atoms with Crippen molar-refractivity contribution in [3.8, 4) is 6.07 Å². The van der Waals surface area contributed by atoms with Crippen LogP contribution in [0.1, 0.15) is 31.0 Å². The lowest BCUT2D eigenvalue weighted by molar-refractivity contribution is 0.175. The fraction of sp³-hybridized carbons (Fsp3) is 0.375. The molecule has 1 aliphatic heterocycles. The first kappa shape index (κ1) is 23.4. The molecule has 1 unspecified atom stereocenters. The van der Waals surface area contributed by atoms with Gasteiger partial charge >= 0.3 is 0 Å². The minimum Gasteiger partial charge on any atom is -0.392 e. The Bertz CT molecular complexity index is 1390. The molecule has 0 aliphatic carbocycles. The van der Waals surface area contributed by atoms with Gasteiger partial charge in [0.15, 0.2) is 17.2 Å². The highest BCUT2D eigenvalue weighted by Gasteiger charge is 2.21. The van der Waals surface area contributed by atoms with Crippen molar-refractivity contribution in [1.29, 1.82) is 5.26 Å². The molecule has 4 aromatic rings. The predicted molar refractivity (Wildman–Crippen MR) is 135 cm³/mol. The Labute approximate surface area is 208 Å². The molecule has 12 heteroatoms. The van der Waals surface area contributed by atoms with Crippen molar-refractivity contribution in [2.45, 2.75) is 45.4 Å². The number of fused-ring (bicyclic) bond motifs is 1. The van der Waals surface area contributed by atoms with Gasteiger partial charge in [-0.25, -0.2) is 15.0 Å². The minimum absolute atomic E-state index is 0.266. The summed E-state index contributed by atoms with van der Waals surface area (Å²) < 4.78 is 1.87. The summed E-state index contributed by atoms with van der Waals surface area (Å²) in [4.78, 5) is 20.0. The number of nitrogens with one attached hydrogen (secondary N) is 2. The number of piperidine rings is 1. The molecule has 0 saturated carbocycles. The van der Waals surface area contributed by atoms with Crippen molar-refractivity contribution in [3.63, 3.8) is 0 Å². The summed E-state index contributed by atoms with van der Waals surface area (Å²) in [5, 5.41) is 33.5. The first-order valence-corrected chi connectivity index (χ1v) is 11.8. The fourth-order valence-electron chi connectivity index (χ4n) is 4.22. The molecule has 1 aliphatic rings. The number of nitrogens with zero attached hydrogens (tertiary/aromatic N) is 9. The standard InChI is InChI=1S/C24H27N11O/c1-15-11-27-24(30-19-9-20-23(26-12-19)28-14-35(20)13-16(2)36)31-22(15)29-17-5-7-34(8-6-17)21-4-3-18(10-25)32-33-21/h3-4,9,11-12,14,16-17,36H,5-8,13H2,1-2H3,(H2,27,29,30,31). The van der Waals surface area contributed by atoms with Crippen LogP contribution < -0.4 is 15.5 Å². The van der Waals surface area contributed by atoms with E-state index in [9.17, 15) is 5.11 Å². The number of aryl methyl sites for hydroxylation is 1. The van der Waals surface area contributed by atoms with Gasteiger partial charge in [0.2, 0.25) is 5.95 Å². The van der Waals surface area contributed by atoms with Gasteiger partial charge in [-0.1, -0.05) is 0 Å². The number of aliphatic hydroxyl groups is 1. The number of imidazole rings is 1. The van der Waals surface area contributed by atoms with E-state index in [2.05, 4.69) is 40.7 Å². The molecule has 1 fully saturated rings. The second kappa shape index (κ2) is 10.1. The van der Waals surface area contributed by atoms with Crippen molar-refractivity contribution in [2.24, 2.45) is 0 Å². The van der Waals surface area contributed by atoms with Crippen LogP contribution in [0, 0.1) is 18.3 Å². The molecule has 0 bridgehead atoms. The van der Waals surface area contributed by atoms with Crippen molar-refractivity contribution in [2.75, 3.05) is 28.6 Å². The van der Waals surface area contributed by atoms with E-state index in [1.165, 1.54) is 0 Å². The molecule has 5 heterocycles. The number of rotatable bonds is 7. The summed E-state index contributed by atoms with van der Waals surface area (Å²) in [7, 11) is 0. The third-order valence-corrected chi connectivity index (χ3v) is 6.09. The Kier molecular flexibility index (Phi) is 6.55. The topological polar surface area (TPSA) is 154 Å². The van der Waals surface area contributed by atoms with Gasteiger partial charge < -0.3 is 25.2 Å². The van der Waals surface area contributed by atoms with Crippen molar-refractivity contribution in [3.05, 3.63) is 48.2 Å². The van der Waals surface area contributed by atoms with Gasteiger partial charge in [-0.2, -0.15) is 10.2 Å². The Hall–Kier alpha value is -4.37. The maximum absolute atomic E-state index is 9.74. The van der Waals surface area contributed by atoms with Gasteiger partial charge in [0.05, 0.1) is 29.8 Å². The van der Waals surface area contributed by atoms with E-state index in [4.69, 9.17) is 10.2 Å². The molecule has 0 aromatic carbocycles. The molecule has 1 atom stereocenters. The van der Waals surface area contributed by atoms with Crippen LogP contribution >= 0.6 is 0 Å². The highest BCUT2D eigenvalue weighted by molar-refractivity contribution is 5.76. The maximum atomic E-state index is 9.74. The third kappa shape index (κ3) is 5.16. The quantitative estimate of drug-likeness (QED) is 0.353. The lowest BCUT2D eigenvalue weighted by Gasteiger charge is -2.33. The molecular formula is C24H27N11O. The summed E-state index contributed by atoms with van der Waals surface area (Å²) in [5.41, 5.74) is 3.46. The van der Waals surface area contributed by atoms with Gasteiger partial charge in [0.1, 0.15) is 11.9 Å². The van der Waals surface area contributed by atoms with E-state index in [1.54, 1.807) is 31.7 Å². The van der Waals surface area contributed by atoms with Crippen molar-refractivity contribution >= 4 is 34.4 Å². The zero-order chi connectivity index (χ0) is 25.1. The lowest BCUT2D eigenvalue weighted by atomic mass is 10.0. The summed E-state index contributed by atoms with van der Waals surface area (Å²) in [6.07, 6.45) is 6.52. The minimum atomic E-state index is -0.489.